The topological polar surface area (TPSA) is 60.9 Å². The molecule has 0 amide bonds. The van der Waals surface area contributed by atoms with Gasteiger partial charge in [0.15, 0.2) is 0 Å². The number of carbonyl (C=O) groups is 1. The summed E-state index contributed by atoms with van der Waals surface area (Å²) in [7, 11) is 0. The minimum atomic E-state index is -0.0640. The summed E-state index contributed by atoms with van der Waals surface area (Å²) in [4.78, 5) is 12.4. The highest BCUT2D eigenvalue weighted by Crippen LogP contribution is 2.30. The molecule has 1 heterocycles. The predicted octanol–water partition coefficient (Wildman–Crippen LogP) is 2.59. The maximum Gasteiger partial charge on any atom is 0.252 e. The number of hydrogen-bond donors (Lipinski definition) is 1. The van der Waals surface area contributed by atoms with Crippen LogP contribution in [0.3, 0.4) is 0 Å². The van der Waals surface area contributed by atoms with E-state index in [4.69, 9.17) is 5.73 Å². The third-order valence-electron chi connectivity index (χ3n) is 3.52. The normalized spacial score (nSPS) is 17.5. The first-order valence-corrected chi connectivity index (χ1v) is 6.97. The van der Waals surface area contributed by atoms with Gasteiger partial charge in [0.05, 0.1) is 5.69 Å². The molecule has 98 valence electrons. The molecular weight excluding hydrogens is 306 g/mol. The number of hydrogen-bond acceptors (Lipinski definition) is 3. The minimum absolute atomic E-state index is 0.0158. The standard InChI is InChI=1S/C14H14BrN3O/c1-8-4-13(16)18(17-8)14(19)11-5-9-2-3-12(15)7-10(9)6-11/h2-4,7,11H,5-6,16H2,1H3. The summed E-state index contributed by atoms with van der Waals surface area (Å²) in [5.74, 6) is 0.337. The van der Waals surface area contributed by atoms with E-state index in [0.717, 1.165) is 23.0 Å². The summed E-state index contributed by atoms with van der Waals surface area (Å²) in [6.07, 6.45) is 1.52. The first-order valence-electron chi connectivity index (χ1n) is 6.18. The molecule has 3 rings (SSSR count). The average molecular weight is 320 g/mol. The van der Waals surface area contributed by atoms with E-state index in [9.17, 15) is 4.79 Å². The van der Waals surface area contributed by atoms with Gasteiger partial charge >= 0.3 is 0 Å². The largest absolute Gasteiger partial charge is 0.383 e. The average Bonchev–Trinajstić information content (AvgIpc) is 2.91. The Bertz CT molecular complexity index is 663. The Hall–Kier alpha value is -1.62. The highest BCUT2D eigenvalue weighted by molar-refractivity contribution is 9.10. The number of halogens is 1. The van der Waals surface area contributed by atoms with Crippen LogP contribution in [0.1, 0.15) is 21.6 Å². The molecular formula is C14H14BrN3O. The van der Waals surface area contributed by atoms with Gasteiger partial charge in [-0.2, -0.15) is 9.78 Å². The van der Waals surface area contributed by atoms with Gasteiger partial charge in [-0.15, -0.1) is 0 Å². The highest BCUT2D eigenvalue weighted by Gasteiger charge is 2.29. The lowest BCUT2D eigenvalue weighted by Crippen LogP contribution is -2.24. The number of aryl methyl sites for hydroxylation is 1. The van der Waals surface area contributed by atoms with E-state index in [-0.39, 0.29) is 11.8 Å². The third kappa shape index (κ3) is 2.18. The Kier molecular flexibility index (Phi) is 2.93. The Labute approximate surface area is 119 Å². The summed E-state index contributed by atoms with van der Waals surface area (Å²) in [6, 6.07) is 7.89. The van der Waals surface area contributed by atoms with E-state index in [0.29, 0.717) is 5.82 Å². The molecule has 19 heavy (non-hydrogen) atoms. The Morgan fingerprint density at radius 3 is 2.79 bits per heavy atom. The van der Waals surface area contributed by atoms with Crippen molar-refractivity contribution in [2.45, 2.75) is 19.8 Å². The first kappa shape index (κ1) is 12.4. The van der Waals surface area contributed by atoms with Crippen molar-refractivity contribution in [3.8, 4) is 0 Å². The van der Waals surface area contributed by atoms with Gasteiger partial charge in [-0.05, 0) is 43.0 Å². The van der Waals surface area contributed by atoms with E-state index in [1.54, 1.807) is 6.07 Å². The van der Waals surface area contributed by atoms with E-state index in [2.05, 4.69) is 33.2 Å². The van der Waals surface area contributed by atoms with Crippen LogP contribution in [0.25, 0.3) is 0 Å². The summed E-state index contributed by atoms with van der Waals surface area (Å²) < 4.78 is 2.38. The zero-order valence-corrected chi connectivity index (χ0v) is 12.1. The lowest BCUT2D eigenvalue weighted by atomic mass is 10.1. The second-order valence-corrected chi connectivity index (χ2v) is 5.89. The molecule has 0 saturated carbocycles. The molecule has 4 nitrogen and oxygen atoms in total. The maximum absolute atomic E-state index is 12.4. The Balaban J connectivity index is 1.87. The fourth-order valence-electron chi connectivity index (χ4n) is 2.63. The molecule has 0 bridgehead atoms. The summed E-state index contributed by atoms with van der Waals surface area (Å²) >= 11 is 3.46. The third-order valence-corrected chi connectivity index (χ3v) is 4.01. The smallest absolute Gasteiger partial charge is 0.252 e. The van der Waals surface area contributed by atoms with Gasteiger partial charge in [-0.3, -0.25) is 4.79 Å². The van der Waals surface area contributed by atoms with Crippen LogP contribution in [0.5, 0.6) is 0 Å². The molecule has 0 aliphatic heterocycles. The van der Waals surface area contributed by atoms with E-state index >= 15 is 0 Å². The van der Waals surface area contributed by atoms with Crippen molar-refractivity contribution in [3.05, 3.63) is 45.6 Å². The molecule has 5 heteroatoms. The van der Waals surface area contributed by atoms with Crippen LogP contribution < -0.4 is 5.73 Å². The van der Waals surface area contributed by atoms with Crippen molar-refractivity contribution >= 4 is 27.7 Å². The van der Waals surface area contributed by atoms with Crippen molar-refractivity contribution in [1.82, 2.24) is 9.78 Å². The second-order valence-electron chi connectivity index (χ2n) is 4.98. The summed E-state index contributed by atoms with van der Waals surface area (Å²) in [5, 5.41) is 4.17. The van der Waals surface area contributed by atoms with Crippen LogP contribution in [-0.2, 0) is 12.8 Å². The number of rotatable bonds is 1. The molecule has 1 aromatic heterocycles. The van der Waals surface area contributed by atoms with E-state index < -0.39 is 0 Å². The van der Waals surface area contributed by atoms with Crippen LogP contribution in [0.2, 0.25) is 0 Å². The second kappa shape index (κ2) is 4.49. The molecule has 1 unspecified atom stereocenters. The number of benzene rings is 1. The van der Waals surface area contributed by atoms with Gasteiger partial charge in [0.25, 0.3) is 5.91 Å². The molecule has 1 aromatic carbocycles. The van der Waals surface area contributed by atoms with E-state index in [1.807, 2.05) is 13.0 Å². The molecule has 1 atom stereocenters. The zero-order chi connectivity index (χ0) is 13.6. The van der Waals surface area contributed by atoms with Gasteiger partial charge in [-0.25, -0.2) is 0 Å². The molecule has 1 aliphatic rings. The molecule has 0 spiro atoms. The predicted molar refractivity (Wildman–Crippen MR) is 77.0 cm³/mol. The molecule has 0 fully saturated rings. The van der Waals surface area contributed by atoms with Crippen molar-refractivity contribution in [3.63, 3.8) is 0 Å². The summed E-state index contributed by atoms with van der Waals surface area (Å²) in [5.41, 5.74) is 9.05. The number of anilines is 1. The van der Waals surface area contributed by atoms with Crippen LogP contribution in [0.4, 0.5) is 5.82 Å². The Morgan fingerprint density at radius 1 is 1.37 bits per heavy atom. The number of nitrogen functional groups attached to an aromatic ring is 1. The van der Waals surface area contributed by atoms with E-state index in [1.165, 1.54) is 15.8 Å². The molecule has 0 saturated heterocycles. The van der Waals surface area contributed by atoms with Crippen molar-refractivity contribution in [1.29, 1.82) is 0 Å². The minimum Gasteiger partial charge on any atom is -0.383 e. The van der Waals surface area contributed by atoms with Crippen molar-refractivity contribution in [2.75, 3.05) is 5.73 Å². The number of nitrogens with two attached hydrogens (primary N) is 1. The lowest BCUT2D eigenvalue weighted by molar-refractivity contribution is 0.0825. The monoisotopic (exact) mass is 319 g/mol. The van der Waals surface area contributed by atoms with Crippen LogP contribution >= 0.6 is 15.9 Å². The molecule has 0 radical (unpaired) electrons. The van der Waals surface area contributed by atoms with Gasteiger partial charge in [-0.1, -0.05) is 22.0 Å². The first-order chi connectivity index (χ1) is 9.04. The zero-order valence-electron chi connectivity index (χ0n) is 10.6. The van der Waals surface area contributed by atoms with Crippen LogP contribution in [0, 0.1) is 12.8 Å². The molecule has 2 N–H and O–H groups in total. The van der Waals surface area contributed by atoms with Gasteiger partial charge in [0.1, 0.15) is 5.82 Å². The number of aromatic nitrogens is 2. The fourth-order valence-corrected chi connectivity index (χ4v) is 3.04. The quantitative estimate of drug-likeness (QED) is 0.878. The number of nitrogens with zero attached hydrogens (tertiary/aromatic N) is 2. The van der Waals surface area contributed by atoms with Gasteiger partial charge < -0.3 is 5.73 Å². The van der Waals surface area contributed by atoms with Gasteiger partial charge in [0, 0.05) is 16.5 Å². The lowest BCUT2D eigenvalue weighted by Gasteiger charge is -2.08. The maximum atomic E-state index is 12.4. The van der Waals surface area contributed by atoms with Gasteiger partial charge in [0.2, 0.25) is 0 Å². The number of fused-ring (bicyclic) bond motifs is 1. The molecule has 2 aromatic rings. The summed E-state index contributed by atoms with van der Waals surface area (Å²) in [6.45, 7) is 1.83. The van der Waals surface area contributed by atoms with Crippen molar-refractivity contribution in [2.24, 2.45) is 5.92 Å². The van der Waals surface area contributed by atoms with Crippen LogP contribution in [-0.4, -0.2) is 15.7 Å². The fraction of sp³-hybridized carbons (Fsp3) is 0.286. The van der Waals surface area contributed by atoms with Crippen LogP contribution in [0.15, 0.2) is 28.7 Å². The SMILES string of the molecule is Cc1cc(N)n(C(=O)C2Cc3ccc(Br)cc3C2)n1. The number of carbonyl (C=O) groups excluding carboxylic acids is 1. The van der Waals surface area contributed by atoms with Crippen molar-refractivity contribution < 1.29 is 4.79 Å². The molecule has 1 aliphatic carbocycles. The Morgan fingerprint density at radius 2 is 2.11 bits per heavy atom. The highest BCUT2D eigenvalue weighted by atomic mass is 79.9.